The standard InChI is InChI=1S/C17H14Cl2N2O2S/c1-9-5-10(2)16(12(19)6-9)21-15(22)8-24-17-20-13-4-3-11(18)7-14(13)23-17/h3-7H,8H2,1-2H3,(H,21,22). The summed E-state index contributed by atoms with van der Waals surface area (Å²) in [5.74, 6) is -0.00126. The largest absolute Gasteiger partial charge is 0.431 e. The number of hydrogen-bond acceptors (Lipinski definition) is 4. The van der Waals surface area contributed by atoms with Gasteiger partial charge in [-0.2, -0.15) is 0 Å². The van der Waals surface area contributed by atoms with Crippen LogP contribution in [0, 0.1) is 13.8 Å². The molecular formula is C17H14Cl2N2O2S. The van der Waals surface area contributed by atoms with Gasteiger partial charge in [0.05, 0.1) is 16.5 Å². The third-order valence-corrected chi connectivity index (χ3v) is 4.72. The minimum absolute atomic E-state index is 0.171. The van der Waals surface area contributed by atoms with Crippen molar-refractivity contribution in [2.24, 2.45) is 0 Å². The molecule has 0 spiro atoms. The number of benzene rings is 2. The van der Waals surface area contributed by atoms with Crippen LogP contribution in [0.4, 0.5) is 5.69 Å². The molecular weight excluding hydrogens is 367 g/mol. The van der Waals surface area contributed by atoms with Gasteiger partial charge in [-0.15, -0.1) is 0 Å². The number of thioether (sulfide) groups is 1. The van der Waals surface area contributed by atoms with E-state index < -0.39 is 0 Å². The highest BCUT2D eigenvalue weighted by Gasteiger charge is 2.12. The molecule has 0 atom stereocenters. The Morgan fingerprint density at radius 3 is 2.79 bits per heavy atom. The summed E-state index contributed by atoms with van der Waals surface area (Å²) in [5.41, 5.74) is 3.92. The highest BCUT2D eigenvalue weighted by molar-refractivity contribution is 7.99. The number of halogens is 2. The Labute approximate surface area is 153 Å². The molecule has 1 N–H and O–H groups in total. The van der Waals surface area contributed by atoms with Crippen LogP contribution >= 0.6 is 35.0 Å². The fourth-order valence-corrected chi connectivity index (χ4v) is 3.48. The topological polar surface area (TPSA) is 55.1 Å². The molecule has 24 heavy (non-hydrogen) atoms. The Bertz CT molecular complexity index is 901. The Morgan fingerprint density at radius 2 is 2.04 bits per heavy atom. The molecule has 0 aliphatic heterocycles. The lowest BCUT2D eigenvalue weighted by Crippen LogP contribution is -2.15. The third kappa shape index (κ3) is 3.86. The molecule has 0 saturated heterocycles. The number of oxazole rings is 1. The number of rotatable bonds is 4. The number of amides is 1. The van der Waals surface area contributed by atoms with E-state index in [9.17, 15) is 4.79 Å². The monoisotopic (exact) mass is 380 g/mol. The van der Waals surface area contributed by atoms with Crippen LogP contribution in [0.15, 0.2) is 40.0 Å². The lowest BCUT2D eigenvalue weighted by molar-refractivity contribution is -0.113. The molecule has 0 unspecified atom stereocenters. The SMILES string of the molecule is Cc1cc(C)c(NC(=O)CSc2nc3ccc(Cl)cc3o2)c(Cl)c1. The smallest absolute Gasteiger partial charge is 0.257 e. The number of aryl methyl sites for hydroxylation is 2. The zero-order chi connectivity index (χ0) is 17.3. The molecule has 1 amide bonds. The van der Waals surface area contributed by atoms with Gasteiger partial charge in [-0.3, -0.25) is 4.79 Å². The first kappa shape index (κ1) is 17.1. The molecule has 0 aliphatic carbocycles. The highest BCUT2D eigenvalue weighted by atomic mass is 35.5. The minimum Gasteiger partial charge on any atom is -0.431 e. The predicted octanol–water partition coefficient (Wildman–Crippen LogP) is 5.48. The zero-order valence-corrected chi connectivity index (χ0v) is 15.4. The van der Waals surface area contributed by atoms with Crippen LogP contribution in [0.3, 0.4) is 0 Å². The van der Waals surface area contributed by atoms with E-state index in [0.29, 0.717) is 32.1 Å². The first-order valence-corrected chi connectivity index (χ1v) is 8.92. The predicted molar refractivity (Wildman–Crippen MR) is 99.3 cm³/mol. The molecule has 0 aliphatic rings. The van der Waals surface area contributed by atoms with Crippen molar-refractivity contribution >= 4 is 57.7 Å². The number of nitrogens with one attached hydrogen (secondary N) is 1. The average molecular weight is 381 g/mol. The van der Waals surface area contributed by atoms with E-state index in [1.54, 1.807) is 18.2 Å². The number of anilines is 1. The van der Waals surface area contributed by atoms with Crippen molar-refractivity contribution in [2.45, 2.75) is 19.1 Å². The Hall–Kier alpha value is -1.69. The Kier molecular flexibility index (Phi) is 5.04. The maximum absolute atomic E-state index is 12.2. The number of aromatic nitrogens is 1. The van der Waals surface area contributed by atoms with Crippen molar-refractivity contribution in [3.8, 4) is 0 Å². The van der Waals surface area contributed by atoms with E-state index in [1.165, 1.54) is 11.8 Å². The summed E-state index contributed by atoms with van der Waals surface area (Å²) in [6.07, 6.45) is 0. The molecule has 0 saturated carbocycles. The second-order valence-electron chi connectivity index (χ2n) is 5.37. The summed E-state index contributed by atoms with van der Waals surface area (Å²) in [6.45, 7) is 3.87. The van der Waals surface area contributed by atoms with E-state index in [0.717, 1.165) is 11.1 Å². The molecule has 4 nitrogen and oxygen atoms in total. The quantitative estimate of drug-likeness (QED) is 0.608. The van der Waals surface area contributed by atoms with Crippen LogP contribution in [-0.2, 0) is 4.79 Å². The van der Waals surface area contributed by atoms with Crippen LogP contribution in [-0.4, -0.2) is 16.6 Å². The first-order valence-electron chi connectivity index (χ1n) is 7.18. The lowest BCUT2D eigenvalue weighted by Gasteiger charge is -2.11. The molecule has 0 radical (unpaired) electrons. The van der Waals surface area contributed by atoms with E-state index >= 15 is 0 Å². The van der Waals surface area contributed by atoms with Crippen molar-refractivity contribution in [1.29, 1.82) is 0 Å². The van der Waals surface area contributed by atoms with Crippen LogP contribution < -0.4 is 5.32 Å². The van der Waals surface area contributed by atoms with Gasteiger partial charge >= 0.3 is 0 Å². The van der Waals surface area contributed by atoms with Gasteiger partial charge in [0.2, 0.25) is 5.91 Å². The number of carbonyl (C=O) groups excluding carboxylic acids is 1. The average Bonchev–Trinajstić information content (AvgIpc) is 2.90. The van der Waals surface area contributed by atoms with E-state index in [4.69, 9.17) is 27.6 Å². The van der Waals surface area contributed by atoms with Gasteiger partial charge in [0.15, 0.2) is 5.58 Å². The summed E-state index contributed by atoms with van der Waals surface area (Å²) in [4.78, 5) is 16.5. The van der Waals surface area contributed by atoms with Gasteiger partial charge in [-0.1, -0.05) is 41.0 Å². The lowest BCUT2D eigenvalue weighted by atomic mass is 10.1. The van der Waals surface area contributed by atoms with Crippen LogP contribution in [0.1, 0.15) is 11.1 Å². The Morgan fingerprint density at radius 1 is 1.25 bits per heavy atom. The van der Waals surface area contributed by atoms with Crippen LogP contribution in [0.5, 0.6) is 0 Å². The summed E-state index contributed by atoms with van der Waals surface area (Å²) < 4.78 is 5.57. The molecule has 3 aromatic rings. The number of fused-ring (bicyclic) bond motifs is 1. The number of carbonyl (C=O) groups is 1. The molecule has 124 valence electrons. The van der Waals surface area contributed by atoms with E-state index in [2.05, 4.69) is 10.3 Å². The fourth-order valence-electron chi connectivity index (χ4n) is 2.32. The maximum Gasteiger partial charge on any atom is 0.257 e. The van der Waals surface area contributed by atoms with Crippen LogP contribution in [0.2, 0.25) is 10.0 Å². The summed E-state index contributed by atoms with van der Waals surface area (Å²) in [5, 5.41) is 4.37. The van der Waals surface area contributed by atoms with E-state index in [-0.39, 0.29) is 11.7 Å². The second kappa shape index (κ2) is 7.05. The van der Waals surface area contributed by atoms with Gasteiger partial charge < -0.3 is 9.73 Å². The number of nitrogens with zero attached hydrogens (tertiary/aromatic N) is 1. The number of hydrogen-bond donors (Lipinski definition) is 1. The molecule has 3 rings (SSSR count). The molecule has 7 heteroatoms. The van der Waals surface area contributed by atoms with Gasteiger partial charge in [0, 0.05) is 11.1 Å². The molecule has 1 aromatic heterocycles. The molecule has 0 bridgehead atoms. The summed E-state index contributed by atoms with van der Waals surface area (Å²) >= 11 is 13.3. The van der Waals surface area contributed by atoms with Gasteiger partial charge in [-0.25, -0.2) is 4.98 Å². The maximum atomic E-state index is 12.2. The van der Waals surface area contributed by atoms with Crippen molar-refractivity contribution in [3.63, 3.8) is 0 Å². The van der Waals surface area contributed by atoms with Crippen molar-refractivity contribution < 1.29 is 9.21 Å². The fraction of sp³-hybridized carbons (Fsp3) is 0.176. The molecule has 1 heterocycles. The summed E-state index contributed by atoms with van der Waals surface area (Å²) in [7, 11) is 0. The Balaban J connectivity index is 1.67. The van der Waals surface area contributed by atoms with Gasteiger partial charge in [0.25, 0.3) is 5.22 Å². The first-order chi connectivity index (χ1) is 11.4. The normalized spacial score (nSPS) is 11.0. The van der Waals surface area contributed by atoms with Crippen LogP contribution in [0.25, 0.3) is 11.1 Å². The third-order valence-electron chi connectivity index (χ3n) is 3.35. The van der Waals surface area contributed by atoms with Crippen molar-refractivity contribution in [2.75, 3.05) is 11.1 Å². The minimum atomic E-state index is -0.172. The highest BCUT2D eigenvalue weighted by Crippen LogP contribution is 2.29. The van der Waals surface area contributed by atoms with Crippen molar-refractivity contribution in [3.05, 3.63) is 51.5 Å². The molecule has 2 aromatic carbocycles. The van der Waals surface area contributed by atoms with Crippen molar-refractivity contribution in [1.82, 2.24) is 4.98 Å². The summed E-state index contributed by atoms with van der Waals surface area (Å²) in [6, 6.07) is 9.01. The zero-order valence-electron chi connectivity index (χ0n) is 13.0. The van der Waals surface area contributed by atoms with E-state index in [1.807, 2.05) is 26.0 Å². The van der Waals surface area contributed by atoms with Gasteiger partial charge in [-0.05, 0) is 43.2 Å². The second-order valence-corrected chi connectivity index (χ2v) is 7.14. The van der Waals surface area contributed by atoms with Gasteiger partial charge in [0.1, 0.15) is 5.52 Å². The molecule has 0 fully saturated rings.